The highest BCUT2D eigenvalue weighted by atomic mass is 127. The second kappa shape index (κ2) is 43.5. The molecular formula is C42H97IN6O20+2. The highest BCUT2D eigenvalue weighted by molar-refractivity contribution is 5.72. The SMILES string of the molecule is CC(C)(C)OC(=O)CNC(CO)CO.CC(C)(C)OC(=O)C[N+](C)(C)C(CO)CO.CN(C)C(CO)CO.C[N+](C)(CC(=O)O)C(CO)CO.C[N+](C)(CC(=O)O)C(CO)CO.NC(CO)CO.[I-]. The van der Waals surface area contributed by atoms with Gasteiger partial charge in [-0.05, 0) is 55.6 Å². The minimum absolute atomic E-state index is 0. The third kappa shape index (κ3) is 49.3. The number of nitrogens with one attached hydrogen (secondary N) is 1. The first kappa shape index (κ1) is 81.0. The van der Waals surface area contributed by atoms with Crippen molar-refractivity contribution in [3.63, 3.8) is 0 Å². The summed E-state index contributed by atoms with van der Waals surface area (Å²) in [7, 11) is 13.8. The number of halogens is 1. The monoisotopic (exact) mass is 1130 g/mol. The summed E-state index contributed by atoms with van der Waals surface area (Å²) < 4.78 is 10.6. The molecule has 0 saturated carbocycles. The number of carboxylic acids is 2. The van der Waals surface area contributed by atoms with E-state index in [9.17, 15) is 19.2 Å². The molecule has 0 aromatic heterocycles. The Hall–Kier alpha value is -2.11. The van der Waals surface area contributed by atoms with Crippen molar-refractivity contribution in [2.24, 2.45) is 5.73 Å². The molecule has 0 amide bonds. The van der Waals surface area contributed by atoms with Gasteiger partial charge in [0.05, 0.1) is 146 Å². The van der Waals surface area contributed by atoms with Crippen LogP contribution in [0.5, 0.6) is 0 Å². The Labute approximate surface area is 426 Å². The third-order valence-electron chi connectivity index (χ3n) is 9.29. The van der Waals surface area contributed by atoms with Crippen molar-refractivity contribution in [1.29, 1.82) is 0 Å². The van der Waals surface area contributed by atoms with E-state index >= 15 is 0 Å². The number of quaternary nitrogens is 3. The van der Waals surface area contributed by atoms with Crippen LogP contribution in [0.4, 0.5) is 0 Å². The van der Waals surface area contributed by atoms with Crippen LogP contribution in [-0.2, 0) is 28.7 Å². The minimum atomic E-state index is -0.938. The molecule has 0 unspecified atom stereocenters. The van der Waals surface area contributed by atoms with Gasteiger partial charge in [-0.1, -0.05) is 0 Å². The van der Waals surface area contributed by atoms with Gasteiger partial charge in [0.15, 0.2) is 19.6 Å². The van der Waals surface area contributed by atoms with Crippen LogP contribution in [0.1, 0.15) is 41.5 Å². The molecule has 0 rings (SSSR count). The number of hydrogen-bond donors (Lipinski definition) is 16. The maximum absolute atomic E-state index is 11.6. The van der Waals surface area contributed by atoms with Crippen LogP contribution in [0.2, 0.25) is 0 Å². The van der Waals surface area contributed by atoms with Gasteiger partial charge in [-0.3, -0.25) is 10.1 Å². The number of nitrogens with zero attached hydrogens (tertiary/aromatic N) is 4. The van der Waals surface area contributed by atoms with E-state index in [4.69, 9.17) is 86.7 Å². The van der Waals surface area contributed by atoms with E-state index in [0.29, 0.717) is 0 Å². The average Bonchev–Trinajstić information content (AvgIpc) is 3.18. The molecule has 0 aromatic rings. The predicted molar refractivity (Wildman–Crippen MR) is 252 cm³/mol. The molecule has 0 fully saturated rings. The molecule has 420 valence electrons. The maximum atomic E-state index is 11.6. The van der Waals surface area contributed by atoms with E-state index in [-0.39, 0.29) is 161 Å². The van der Waals surface area contributed by atoms with Gasteiger partial charge in [0.1, 0.15) is 29.3 Å². The van der Waals surface area contributed by atoms with Gasteiger partial charge in [0, 0.05) is 0 Å². The summed E-state index contributed by atoms with van der Waals surface area (Å²) in [4.78, 5) is 45.3. The summed E-state index contributed by atoms with van der Waals surface area (Å²) in [6.07, 6.45) is 0. The van der Waals surface area contributed by atoms with Crippen LogP contribution in [0.3, 0.4) is 0 Å². The van der Waals surface area contributed by atoms with Crippen molar-refractivity contribution < 1.29 is 138 Å². The maximum Gasteiger partial charge on any atom is 0.362 e. The molecule has 17 N–H and O–H groups in total. The van der Waals surface area contributed by atoms with Crippen molar-refractivity contribution >= 4 is 23.9 Å². The van der Waals surface area contributed by atoms with Crippen LogP contribution >= 0.6 is 0 Å². The zero-order valence-electron chi connectivity index (χ0n) is 43.7. The molecular weight excluding hydrogens is 1040 g/mol. The largest absolute Gasteiger partial charge is 1.00 e. The first-order valence-corrected chi connectivity index (χ1v) is 21.7. The number of carbonyl (C=O) groups excluding carboxylic acids is 2. The summed E-state index contributed by atoms with van der Waals surface area (Å²) in [6.45, 7) is 8.82. The molecule has 27 heteroatoms. The number of carbonyl (C=O) groups is 4. The lowest BCUT2D eigenvalue weighted by atomic mass is 10.2. The topological polar surface area (TPSA) is 411 Å². The lowest BCUT2D eigenvalue weighted by Crippen LogP contribution is -3.00. The molecule has 0 saturated heterocycles. The molecule has 0 spiro atoms. The highest BCUT2D eigenvalue weighted by Crippen LogP contribution is 2.12. The van der Waals surface area contributed by atoms with Crippen molar-refractivity contribution in [3.05, 3.63) is 0 Å². The smallest absolute Gasteiger partial charge is 0.362 e. The van der Waals surface area contributed by atoms with Gasteiger partial charge in [0.2, 0.25) is 0 Å². The van der Waals surface area contributed by atoms with E-state index in [1.54, 1.807) is 88.7 Å². The molecule has 0 aliphatic carbocycles. The molecule has 26 nitrogen and oxygen atoms in total. The summed E-state index contributed by atoms with van der Waals surface area (Å²) in [5, 5.41) is 124. The Morgan fingerprint density at radius 3 is 0.942 bits per heavy atom. The van der Waals surface area contributed by atoms with Gasteiger partial charge < -0.3 is 129 Å². The first-order chi connectivity index (χ1) is 30.9. The molecule has 0 radical (unpaired) electrons. The standard InChI is InChI=1S/C11H24NO4.C9H19NO4.2C7H15NO4.C5H13NO2.C3H9NO2.HI/c1-11(2,3)16-10(15)6-12(4,5)9(7-13)8-14;1-9(2,3)14-8(13)4-10-7(5-11)6-12;2*1-8(2,3-7(11)12)6(4-9)5-10;1-6(2)5(3-7)4-8;4-3(1-5)2-6;/h9,13-14H,6-8H2,1-5H3;7,10-12H,4-6H2,1-3H3;2*6,9-10H,3-5H2,1-2H3;5,7-8H,3-4H2,1-2H3;3,5-6H,1-2,4H2;1H/q+1;;;;;;/p+1. The third-order valence-corrected chi connectivity index (χ3v) is 9.29. The number of carboxylic acid groups (broad SMARTS) is 2. The van der Waals surface area contributed by atoms with Gasteiger partial charge >= 0.3 is 23.9 Å². The minimum Gasteiger partial charge on any atom is -1.00 e. The number of ether oxygens (including phenoxy) is 2. The van der Waals surface area contributed by atoms with Crippen molar-refractivity contribution in [2.75, 3.05) is 162 Å². The number of aliphatic hydroxyl groups is 12. The summed E-state index contributed by atoms with van der Waals surface area (Å²) in [5.74, 6) is -2.60. The van der Waals surface area contributed by atoms with Crippen LogP contribution in [0.25, 0.3) is 0 Å². The second-order valence-electron chi connectivity index (χ2n) is 19.4. The molecule has 0 bridgehead atoms. The van der Waals surface area contributed by atoms with Crippen LogP contribution in [0, 0.1) is 0 Å². The molecule has 69 heavy (non-hydrogen) atoms. The molecule has 0 heterocycles. The van der Waals surface area contributed by atoms with Gasteiger partial charge in [-0.2, -0.15) is 0 Å². The highest BCUT2D eigenvalue weighted by Gasteiger charge is 2.33. The summed E-state index contributed by atoms with van der Waals surface area (Å²) in [6, 6.07) is -2.25. The van der Waals surface area contributed by atoms with Crippen molar-refractivity contribution in [1.82, 2.24) is 10.2 Å². The first-order valence-electron chi connectivity index (χ1n) is 21.7. The fraction of sp³-hybridized carbons (Fsp3) is 0.905. The Kier molecular flexibility index (Phi) is 51.0. The van der Waals surface area contributed by atoms with E-state index in [0.717, 1.165) is 0 Å². The number of rotatable bonds is 25. The lowest BCUT2D eigenvalue weighted by molar-refractivity contribution is -0.909. The van der Waals surface area contributed by atoms with E-state index in [2.05, 4.69) is 5.32 Å². The van der Waals surface area contributed by atoms with Crippen molar-refractivity contribution in [3.8, 4) is 0 Å². The van der Waals surface area contributed by atoms with Crippen LogP contribution < -0.4 is 35.0 Å². The fourth-order valence-corrected chi connectivity index (χ4v) is 4.52. The van der Waals surface area contributed by atoms with Crippen molar-refractivity contribution in [2.45, 2.75) is 89.0 Å². The lowest BCUT2D eigenvalue weighted by Gasteiger charge is -2.35. The number of aliphatic hydroxyl groups excluding tert-OH is 12. The summed E-state index contributed by atoms with van der Waals surface area (Å²) >= 11 is 0. The Morgan fingerprint density at radius 2 is 0.768 bits per heavy atom. The zero-order valence-corrected chi connectivity index (χ0v) is 45.9. The number of hydrogen-bond acceptors (Lipinski definition) is 21. The van der Waals surface area contributed by atoms with Gasteiger partial charge in [-0.15, -0.1) is 0 Å². The molecule has 0 aliphatic heterocycles. The Morgan fingerprint density at radius 1 is 0.493 bits per heavy atom. The average molecular weight is 1130 g/mol. The number of esters is 2. The Balaban J connectivity index is -0.000000136. The number of nitrogens with two attached hydrogens (primary N) is 1. The van der Waals surface area contributed by atoms with Crippen LogP contribution in [-0.4, -0.2) is 323 Å². The zero-order chi connectivity index (χ0) is 55.3. The van der Waals surface area contributed by atoms with Crippen LogP contribution in [0.15, 0.2) is 0 Å². The Bertz CT molecular complexity index is 1220. The van der Waals surface area contributed by atoms with E-state index in [1.807, 2.05) is 14.1 Å². The molecule has 0 atom stereocenters. The molecule has 0 aromatic carbocycles. The predicted octanol–water partition coefficient (Wildman–Crippen LogP) is -9.77. The van der Waals surface area contributed by atoms with E-state index < -0.39 is 53.3 Å². The van der Waals surface area contributed by atoms with Gasteiger partial charge in [-0.25, -0.2) is 14.4 Å². The quantitative estimate of drug-likeness (QED) is 0.0229. The number of likely N-dealkylation sites (N-methyl/N-ethyl adjacent to an activating group) is 4. The van der Waals surface area contributed by atoms with Gasteiger partial charge in [0.25, 0.3) is 0 Å². The number of aliphatic carboxylic acids is 2. The fourth-order valence-electron chi connectivity index (χ4n) is 4.52. The second-order valence-corrected chi connectivity index (χ2v) is 19.4. The molecule has 0 aliphatic rings. The van der Waals surface area contributed by atoms with E-state index in [1.165, 1.54) is 0 Å². The summed E-state index contributed by atoms with van der Waals surface area (Å²) in [5.41, 5.74) is 3.96. The normalized spacial score (nSPS) is 11.8.